The highest BCUT2D eigenvalue weighted by molar-refractivity contribution is 7.10. The number of halogens is 3. The molecule has 2 heterocycles. The minimum atomic E-state index is -1.55. The first kappa shape index (κ1) is 14.1. The molecule has 3 rings (SSSR count). The van der Waals surface area contributed by atoms with E-state index in [9.17, 15) is 18.0 Å². The fourth-order valence-electron chi connectivity index (χ4n) is 2.63. The molecule has 1 atom stereocenters. The third-order valence-electron chi connectivity index (χ3n) is 3.62. The standard InChI is InChI=1S/C15H12F3NOS/c16-10-7-9(8-11(17)14(10)18)15(20)19-5-1-3-12(19)13-4-2-6-21-13/h2,4,6-8,12H,1,3,5H2. The summed E-state index contributed by atoms with van der Waals surface area (Å²) in [6.07, 6.45) is 1.65. The number of nitrogens with zero attached hydrogens (tertiary/aromatic N) is 1. The van der Waals surface area contributed by atoms with Crippen molar-refractivity contribution in [2.45, 2.75) is 18.9 Å². The number of thiophene rings is 1. The number of amides is 1. The van der Waals surface area contributed by atoms with Crippen LogP contribution in [0.3, 0.4) is 0 Å². The Bertz CT molecular complexity index is 649. The van der Waals surface area contributed by atoms with Gasteiger partial charge in [0.25, 0.3) is 5.91 Å². The van der Waals surface area contributed by atoms with Crippen LogP contribution in [0.15, 0.2) is 29.6 Å². The summed E-state index contributed by atoms with van der Waals surface area (Å²) < 4.78 is 39.5. The summed E-state index contributed by atoms with van der Waals surface area (Å²) >= 11 is 1.54. The molecule has 0 spiro atoms. The molecule has 21 heavy (non-hydrogen) atoms. The van der Waals surface area contributed by atoms with Gasteiger partial charge in [-0.2, -0.15) is 0 Å². The van der Waals surface area contributed by atoms with E-state index in [4.69, 9.17) is 0 Å². The Balaban J connectivity index is 1.91. The average molecular weight is 311 g/mol. The fourth-order valence-corrected chi connectivity index (χ4v) is 3.50. The van der Waals surface area contributed by atoms with E-state index in [2.05, 4.69) is 0 Å². The van der Waals surface area contributed by atoms with Crippen molar-refractivity contribution in [1.82, 2.24) is 4.90 Å². The number of carbonyl (C=O) groups is 1. The maximum absolute atomic E-state index is 13.3. The van der Waals surface area contributed by atoms with Crippen LogP contribution < -0.4 is 0 Å². The lowest BCUT2D eigenvalue weighted by atomic mass is 10.1. The number of hydrogen-bond donors (Lipinski definition) is 0. The zero-order valence-electron chi connectivity index (χ0n) is 11.0. The molecule has 0 N–H and O–H groups in total. The van der Waals surface area contributed by atoms with Gasteiger partial charge in [-0.25, -0.2) is 13.2 Å². The summed E-state index contributed by atoms with van der Waals surface area (Å²) in [5.41, 5.74) is -0.158. The lowest BCUT2D eigenvalue weighted by Crippen LogP contribution is -2.30. The van der Waals surface area contributed by atoms with Crippen LogP contribution in [0, 0.1) is 17.5 Å². The summed E-state index contributed by atoms with van der Waals surface area (Å²) in [4.78, 5) is 15.1. The summed E-state index contributed by atoms with van der Waals surface area (Å²) in [5, 5.41) is 1.92. The van der Waals surface area contributed by atoms with Crippen molar-refractivity contribution < 1.29 is 18.0 Å². The molecule has 0 saturated carbocycles. The van der Waals surface area contributed by atoms with Crippen LogP contribution in [0.4, 0.5) is 13.2 Å². The Morgan fingerprint density at radius 2 is 1.95 bits per heavy atom. The quantitative estimate of drug-likeness (QED) is 0.763. The van der Waals surface area contributed by atoms with E-state index in [0.29, 0.717) is 6.54 Å². The Hall–Kier alpha value is -1.82. The third-order valence-corrected chi connectivity index (χ3v) is 4.59. The van der Waals surface area contributed by atoms with Crippen LogP contribution in [0.5, 0.6) is 0 Å². The molecule has 1 aliphatic rings. The number of rotatable bonds is 2. The molecule has 1 aromatic heterocycles. The second-order valence-corrected chi connectivity index (χ2v) is 5.91. The van der Waals surface area contributed by atoms with Crippen molar-refractivity contribution in [3.05, 3.63) is 57.5 Å². The highest BCUT2D eigenvalue weighted by atomic mass is 32.1. The number of likely N-dealkylation sites (tertiary alicyclic amines) is 1. The van der Waals surface area contributed by atoms with Gasteiger partial charge in [0.2, 0.25) is 0 Å². The summed E-state index contributed by atoms with van der Waals surface area (Å²) in [6, 6.07) is 5.27. The van der Waals surface area contributed by atoms with Crippen LogP contribution in [0.2, 0.25) is 0 Å². The molecule has 1 saturated heterocycles. The molecule has 0 aliphatic carbocycles. The number of carbonyl (C=O) groups excluding carboxylic acids is 1. The van der Waals surface area contributed by atoms with E-state index in [1.165, 1.54) is 0 Å². The van der Waals surface area contributed by atoms with E-state index in [1.807, 2.05) is 17.5 Å². The maximum atomic E-state index is 13.3. The smallest absolute Gasteiger partial charge is 0.254 e. The molecule has 6 heteroatoms. The largest absolute Gasteiger partial charge is 0.331 e. The van der Waals surface area contributed by atoms with Crippen LogP contribution in [0.25, 0.3) is 0 Å². The first-order valence-electron chi connectivity index (χ1n) is 6.57. The minimum absolute atomic E-state index is 0.0753. The van der Waals surface area contributed by atoms with Gasteiger partial charge in [0.15, 0.2) is 17.5 Å². The van der Waals surface area contributed by atoms with Gasteiger partial charge in [-0.3, -0.25) is 4.79 Å². The Labute approximate surface area is 123 Å². The Morgan fingerprint density at radius 3 is 2.57 bits per heavy atom. The highest BCUT2D eigenvalue weighted by Gasteiger charge is 2.31. The number of hydrogen-bond acceptors (Lipinski definition) is 2. The Morgan fingerprint density at radius 1 is 1.24 bits per heavy atom. The maximum Gasteiger partial charge on any atom is 0.254 e. The van der Waals surface area contributed by atoms with E-state index in [0.717, 1.165) is 29.9 Å². The van der Waals surface area contributed by atoms with Gasteiger partial charge in [-0.05, 0) is 36.4 Å². The van der Waals surface area contributed by atoms with E-state index in [-0.39, 0.29) is 11.6 Å². The molecule has 1 amide bonds. The van der Waals surface area contributed by atoms with Gasteiger partial charge >= 0.3 is 0 Å². The third kappa shape index (κ3) is 2.55. The molecule has 2 aromatic rings. The van der Waals surface area contributed by atoms with Gasteiger partial charge in [0, 0.05) is 17.0 Å². The molecule has 2 nitrogen and oxygen atoms in total. The van der Waals surface area contributed by atoms with E-state index in [1.54, 1.807) is 16.2 Å². The molecule has 110 valence electrons. The second-order valence-electron chi connectivity index (χ2n) is 4.93. The molecule has 1 aromatic carbocycles. The highest BCUT2D eigenvalue weighted by Crippen LogP contribution is 2.35. The molecule has 0 radical (unpaired) electrons. The molecule has 1 fully saturated rings. The van der Waals surface area contributed by atoms with Crippen molar-refractivity contribution in [1.29, 1.82) is 0 Å². The molecule has 1 aliphatic heterocycles. The van der Waals surface area contributed by atoms with E-state index < -0.39 is 23.4 Å². The lowest BCUT2D eigenvalue weighted by molar-refractivity contribution is 0.0736. The van der Waals surface area contributed by atoms with Crippen LogP contribution in [-0.4, -0.2) is 17.4 Å². The van der Waals surface area contributed by atoms with Gasteiger partial charge in [0.05, 0.1) is 6.04 Å². The zero-order chi connectivity index (χ0) is 15.0. The summed E-state index contributed by atoms with van der Waals surface area (Å²) in [5.74, 6) is -4.71. The van der Waals surface area contributed by atoms with Crippen LogP contribution in [-0.2, 0) is 0 Å². The Kier molecular flexibility index (Phi) is 3.71. The monoisotopic (exact) mass is 311 g/mol. The second kappa shape index (κ2) is 5.52. The van der Waals surface area contributed by atoms with Crippen molar-refractivity contribution in [3.63, 3.8) is 0 Å². The molecular weight excluding hydrogens is 299 g/mol. The van der Waals surface area contributed by atoms with Gasteiger partial charge < -0.3 is 4.90 Å². The van der Waals surface area contributed by atoms with Crippen molar-refractivity contribution in [2.75, 3.05) is 6.54 Å². The van der Waals surface area contributed by atoms with Crippen molar-refractivity contribution in [3.8, 4) is 0 Å². The topological polar surface area (TPSA) is 20.3 Å². The molecular formula is C15H12F3NOS. The van der Waals surface area contributed by atoms with Gasteiger partial charge in [0.1, 0.15) is 0 Å². The van der Waals surface area contributed by atoms with Crippen molar-refractivity contribution in [2.24, 2.45) is 0 Å². The average Bonchev–Trinajstić information content (AvgIpc) is 3.13. The van der Waals surface area contributed by atoms with Gasteiger partial charge in [-0.15, -0.1) is 11.3 Å². The predicted octanol–water partition coefficient (Wildman–Crippen LogP) is 4.14. The van der Waals surface area contributed by atoms with Crippen LogP contribution >= 0.6 is 11.3 Å². The first-order valence-corrected chi connectivity index (χ1v) is 7.45. The van der Waals surface area contributed by atoms with Gasteiger partial charge in [-0.1, -0.05) is 6.07 Å². The van der Waals surface area contributed by atoms with E-state index >= 15 is 0 Å². The summed E-state index contributed by atoms with van der Waals surface area (Å²) in [6.45, 7) is 0.530. The molecule has 1 unspecified atom stereocenters. The minimum Gasteiger partial charge on any atom is -0.331 e. The molecule has 0 bridgehead atoms. The predicted molar refractivity (Wildman–Crippen MR) is 73.6 cm³/mol. The lowest BCUT2D eigenvalue weighted by Gasteiger charge is -2.24. The van der Waals surface area contributed by atoms with Crippen LogP contribution in [0.1, 0.15) is 34.1 Å². The first-order chi connectivity index (χ1) is 10.1. The van der Waals surface area contributed by atoms with Crippen molar-refractivity contribution >= 4 is 17.2 Å². The zero-order valence-corrected chi connectivity index (χ0v) is 11.8. The normalized spacial score (nSPS) is 18.2. The number of benzene rings is 1. The summed E-state index contributed by atoms with van der Waals surface area (Å²) in [7, 11) is 0. The fraction of sp³-hybridized carbons (Fsp3) is 0.267. The SMILES string of the molecule is O=C(c1cc(F)c(F)c(F)c1)N1CCCC1c1cccs1.